The second kappa shape index (κ2) is 5.89. The van der Waals surface area contributed by atoms with Crippen molar-refractivity contribution < 1.29 is 0 Å². The molecule has 1 nitrogen and oxygen atoms in total. The molecule has 1 radical (unpaired) electrons. The Morgan fingerprint density at radius 1 is 1.13 bits per heavy atom. The predicted molar refractivity (Wildman–Crippen MR) is 67.9 cm³/mol. The molecule has 1 fully saturated rings. The van der Waals surface area contributed by atoms with E-state index in [9.17, 15) is 0 Å². The third-order valence-electron chi connectivity index (χ3n) is 3.47. The van der Waals surface area contributed by atoms with Crippen molar-refractivity contribution in [3.8, 4) is 0 Å². The summed E-state index contributed by atoms with van der Waals surface area (Å²) in [6, 6.07) is 0.740. The molecular formula is C14H28N. The van der Waals surface area contributed by atoms with Crippen LogP contribution in [0.25, 0.3) is 0 Å². The minimum absolute atomic E-state index is 0.475. The number of rotatable bonds is 4. The summed E-state index contributed by atoms with van der Waals surface area (Å²) in [5.41, 5.74) is 0.475. The molecule has 1 aliphatic rings. The lowest BCUT2D eigenvalue weighted by Gasteiger charge is -2.35. The van der Waals surface area contributed by atoms with Crippen LogP contribution in [-0.4, -0.2) is 24.0 Å². The van der Waals surface area contributed by atoms with Gasteiger partial charge in [0.15, 0.2) is 0 Å². The fourth-order valence-corrected chi connectivity index (χ4v) is 2.39. The lowest BCUT2D eigenvalue weighted by atomic mass is 9.87. The van der Waals surface area contributed by atoms with Crippen molar-refractivity contribution >= 4 is 0 Å². The average molecular weight is 210 g/mol. The predicted octanol–water partition coefficient (Wildman–Crippen LogP) is 3.89. The molecule has 1 unspecified atom stereocenters. The Hall–Kier alpha value is -0.0400. The maximum Gasteiger partial charge on any atom is 0.00954 e. The van der Waals surface area contributed by atoms with Gasteiger partial charge in [0.05, 0.1) is 0 Å². The standard InChI is InChI=1S/C14H28N/c1-5-13(9-10-14(2,3)4)15-11-7-6-8-12-15/h13H,1,5-12H2,2-4H3. The lowest BCUT2D eigenvalue weighted by Crippen LogP contribution is -2.39. The zero-order valence-corrected chi connectivity index (χ0v) is 10.9. The fraction of sp³-hybridized carbons (Fsp3) is 0.929. The Kier molecular flexibility index (Phi) is 5.11. The van der Waals surface area contributed by atoms with E-state index in [2.05, 4.69) is 32.6 Å². The first kappa shape index (κ1) is 13.0. The smallest absolute Gasteiger partial charge is 0.00954 e. The van der Waals surface area contributed by atoms with Crippen molar-refractivity contribution in [2.75, 3.05) is 13.1 Å². The van der Waals surface area contributed by atoms with Gasteiger partial charge in [-0.05, 0) is 50.6 Å². The van der Waals surface area contributed by atoms with E-state index >= 15 is 0 Å². The average Bonchev–Trinajstić information content (AvgIpc) is 2.19. The monoisotopic (exact) mass is 210 g/mol. The summed E-state index contributed by atoms with van der Waals surface area (Å²) in [7, 11) is 0. The highest BCUT2D eigenvalue weighted by Crippen LogP contribution is 2.25. The van der Waals surface area contributed by atoms with Gasteiger partial charge in [-0.3, -0.25) is 0 Å². The van der Waals surface area contributed by atoms with Gasteiger partial charge in [0.2, 0.25) is 0 Å². The molecule has 0 aromatic heterocycles. The van der Waals surface area contributed by atoms with Crippen LogP contribution in [0.4, 0.5) is 0 Å². The maximum absolute atomic E-state index is 4.12. The SMILES string of the molecule is [CH2]CC(CCC(C)(C)C)N1CCCCC1. The van der Waals surface area contributed by atoms with Crippen LogP contribution in [0.5, 0.6) is 0 Å². The van der Waals surface area contributed by atoms with Gasteiger partial charge in [-0.15, -0.1) is 0 Å². The quantitative estimate of drug-likeness (QED) is 0.680. The first-order valence-corrected chi connectivity index (χ1v) is 6.56. The highest BCUT2D eigenvalue weighted by molar-refractivity contribution is 4.77. The molecule has 0 aromatic rings. The number of hydrogen-bond donors (Lipinski definition) is 0. The normalized spacial score (nSPS) is 21.6. The molecule has 1 saturated heterocycles. The van der Waals surface area contributed by atoms with Crippen molar-refractivity contribution in [2.24, 2.45) is 5.41 Å². The van der Waals surface area contributed by atoms with Crippen molar-refractivity contribution in [1.82, 2.24) is 4.90 Å². The van der Waals surface area contributed by atoms with Gasteiger partial charge >= 0.3 is 0 Å². The van der Waals surface area contributed by atoms with E-state index in [0.717, 1.165) is 12.5 Å². The minimum atomic E-state index is 0.475. The number of nitrogens with zero attached hydrogens (tertiary/aromatic N) is 1. The molecule has 0 N–H and O–H groups in total. The molecule has 0 spiro atoms. The molecule has 15 heavy (non-hydrogen) atoms. The Bertz CT molecular complexity index is 163. The van der Waals surface area contributed by atoms with Crippen LogP contribution in [0.1, 0.15) is 59.3 Å². The molecule has 1 heterocycles. The molecule has 1 aliphatic heterocycles. The van der Waals surface area contributed by atoms with Gasteiger partial charge in [0, 0.05) is 6.04 Å². The first-order valence-electron chi connectivity index (χ1n) is 6.56. The van der Waals surface area contributed by atoms with E-state index in [4.69, 9.17) is 0 Å². The van der Waals surface area contributed by atoms with E-state index in [1.165, 1.54) is 45.2 Å². The minimum Gasteiger partial charge on any atom is -0.300 e. The van der Waals surface area contributed by atoms with E-state index in [0.29, 0.717) is 5.41 Å². The number of likely N-dealkylation sites (tertiary alicyclic amines) is 1. The van der Waals surface area contributed by atoms with Gasteiger partial charge in [0.25, 0.3) is 0 Å². The zero-order chi connectivity index (χ0) is 11.3. The molecule has 0 bridgehead atoms. The maximum atomic E-state index is 4.12. The molecule has 0 amide bonds. The van der Waals surface area contributed by atoms with Crippen LogP contribution in [0.2, 0.25) is 0 Å². The molecule has 0 saturated carbocycles. The Labute approximate surface area is 96.2 Å². The van der Waals surface area contributed by atoms with Crippen LogP contribution < -0.4 is 0 Å². The summed E-state index contributed by atoms with van der Waals surface area (Å²) >= 11 is 0. The molecule has 0 aromatic carbocycles. The zero-order valence-electron chi connectivity index (χ0n) is 10.9. The van der Waals surface area contributed by atoms with Crippen LogP contribution in [0.15, 0.2) is 0 Å². The van der Waals surface area contributed by atoms with Crippen LogP contribution in [-0.2, 0) is 0 Å². The van der Waals surface area contributed by atoms with E-state index in [-0.39, 0.29) is 0 Å². The van der Waals surface area contributed by atoms with Crippen molar-refractivity contribution in [2.45, 2.75) is 65.3 Å². The number of piperidine rings is 1. The van der Waals surface area contributed by atoms with Crippen LogP contribution in [0.3, 0.4) is 0 Å². The highest BCUT2D eigenvalue weighted by atomic mass is 15.2. The summed E-state index contributed by atoms with van der Waals surface area (Å²) in [6.45, 7) is 13.7. The van der Waals surface area contributed by atoms with Crippen LogP contribution >= 0.6 is 0 Å². The third-order valence-corrected chi connectivity index (χ3v) is 3.47. The van der Waals surface area contributed by atoms with Crippen molar-refractivity contribution in [1.29, 1.82) is 0 Å². The molecule has 0 aliphatic carbocycles. The topological polar surface area (TPSA) is 3.24 Å². The van der Waals surface area contributed by atoms with Gasteiger partial charge in [-0.2, -0.15) is 0 Å². The summed E-state index contributed by atoms with van der Waals surface area (Å²) in [5, 5.41) is 0. The number of hydrogen-bond acceptors (Lipinski definition) is 1. The molecule has 1 rings (SSSR count). The van der Waals surface area contributed by atoms with Crippen molar-refractivity contribution in [3.63, 3.8) is 0 Å². The lowest BCUT2D eigenvalue weighted by molar-refractivity contribution is 0.143. The summed E-state index contributed by atoms with van der Waals surface area (Å²) < 4.78 is 0. The summed E-state index contributed by atoms with van der Waals surface area (Å²) in [4.78, 5) is 2.67. The molecular weight excluding hydrogens is 182 g/mol. The molecule has 89 valence electrons. The molecule has 1 atom stereocenters. The third kappa shape index (κ3) is 5.01. The fourth-order valence-electron chi connectivity index (χ4n) is 2.39. The summed E-state index contributed by atoms with van der Waals surface area (Å²) in [6.07, 6.45) is 7.95. The van der Waals surface area contributed by atoms with Gasteiger partial charge < -0.3 is 4.90 Å². The molecule has 1 heteroatoms. The van der Waals surface area contributed by atoms with Gasteiger partial charge in [-0.1, -0.05) is 34.1 Å². The van der Waals surface area contributed by atoms with Gasteiger partial charge in [-0.25, -0.2) is 0 Å². The van der Waals surface area contributed by atoms with Crippen molar-refractivity contribution in [3.05, 3.63) is 6.92 Å². The van der Waals surface area contributed by atoms with E-state index < -0.39 is 0 Å². The largest absolute Gasteiger partial charge is 0.300 e. The Balaban J connectivity index is 2.34. The first-order chi connectivity index (χ1) is 7.03. The van der Waals surface area contributed by atoms with Gasteiger partial charge in [0.1, 0.15) is 0 Å². The second-order valence-electron chi connectivity index (χ2n) is 6.14. The van der Waals surface area contributed by atoms with Crippen LogP contribution in [0, 0.1) is 12.3 Å². The van der Waals surface area contributed by atoms with E-state index in [1.54, 1.807) is 0 Å². The second-order valence-corrected chi connectivity index (χ2v) is 6.14. The van der Waals surface area contributed by atoms with E-state index in [1.807, 2.05) is 0 Å². The Morgan fingerprint density at radius 2 is 1.73 bits per heavy atom. The highest BCUT2D eigenvalue weighted by Gasteiger charge is 2.21. The summed E-state index contributed by atoms with van der Waals surface area (Å²) in [5.74, 6) is 0. The Morgan fingerprint density at radius 3 is 2.20 bits per heavy atom.